The lowest BCUT2D eigenvalue weighted by Gasteiger charge is -2.41. The minimum atomic E-state index is 0.704. The first kappa shape index (κ1) is 14.3. The Morgan fingerprint density at radius 1 is 1.50 bits per heavy atom. The van der Waals surface area contributed by atoms with Crippen LogP contribution in [0.4, 0.5) is 0 Å². The van der Waals surface area contributed by atoms with E-state index in [0.29, 0.717) is 12.1 Å². The molecule has 96 valence electrons. The van der Waals surface area contributed by atoms with Gasteiger partial charge in [0.25, 0.3) is 0 Å². The van der Waals surface area contributed by atoms with E-state index in [1.165, 1.54) is 31.7 Å². The summed E-state index contributed by atoms with van der Waals surface area (Å²) in [5.74, 6) is 2.10. The first-order valence-corrected chi connectivity index (χ1v) is 8.04. The van der Waals surface area contributed by atoms with Crippen molar-refractivity contribution >= 4 is 11.8 Å². The van der Waals surface area contributed by atoms with Crippen LogP contribution in [0.5, 0.6) is 0 Å². The molecule has 0 aromatic carbocycles. The molecule has 0 amide bonds. The molecule has 1 aliphatic rings. The number of thioether (sulfide) groups is 1. The van der Waals surface area contributed by atoms with Crippen molar-refractivity contribution in [1.82, 2.24) is 10.2 Å². The molecular formula is C13H28N2S. The van der Waals surface area contributed by atoms with Crippen LogP contribution >= 0.6 is 11.8 Å². The first-order chi connectivity index (χ1) is 7.69. The topological polar surface area (TPSA) is 15.3 Å². The summed E-state index contributed by atoms with van der Waals surface area (Å²) in [5, 5.41) is 3.69. The summed E-state index contributed by atoms with van der Waals surface area (Å²) in [6.07, 6.45) is 4.81. The summed E-state index contributed by atoms with van der Waals surface area (Å²) in [5.41, 5.74) is 0. The highest BCUT2D eigenvalue weighted by molar-refractivity contribution is 7.98. The molecule has 0 aliphatic carbocycles. The first-order valence-electron chi connectivity index (χ1n) is 6.65. The average molecular weight is 244 g/mol. The van der Waals surface area contributed by atoms with Crippen LogP contribution in [0.3, 0.4) is 0 Å². The van der Waals surface area contributed by atoms with E-state index in [0.717, 1.165) is 12.5 Å². The van der Waals surface area contributed by atoms with E-state index in [9.17, 15) is 0 Å². The standard InChI is InChI=1S/C13H28N2S/c1-5-11(2)13-10-15(7-6-8-16-4)12(3)9-14-13/h11-14H,5-10H2,1-4H3. The second-order valence-electron chi connectivity index (χ2n) is 5.09. The molecule has 2 nitrogen and oxygen atoms in total. The Hall–Kier alpha value is 0.270. The largest absolute Gasteiger partial charge is 0.311 e. The monoisotopic (exact) mass is 244 g/mol. The quantitative estimate of drug-likeness (QED) is 0.723. The molecule has 0 aromatic heterocycles. The fraction of sp³-hybridized carbons (Fsp3) is 1.00. The number of rotatable bonds is 6. The number of hydrogen-bond acceptors (Lipinski definition) is 3. The van der Waals surface area contributed by atoms with Crippen LogP contribution in [0.2, 0.25) is 0 Å². The van der Waals surface area contributed by atoms with Crippen LogP contribution in [0.25, 0.3) is 0 Å². The zero-order chi connectivity index (χ0) is 12.0. The lowest BCUT2D eigenvalue weighted by molar-refractivity contribution is 0.119. The van der Waals surface area contributed by atoms with Gasteiger partial charge in [0.15, 0.2) is 0 Å². The van der Waals surface area contributed by atoms with E-state index in [1.54, 1.807) is 0 Å². The van der Waals surface area contributed by atoms with Gasteiger partial charge in [0.05, 0.1) is 0 Å². The lowest BCUT2D eigenvalue weighted by atomic mass is 9.95. The van der Waals surface area contributed by atoms with Crippen molar-refractivity contribution in [2.75, 3.05) is 31.6 Å². The molecule has 0 bridgehead atoms. The van der Waals surface area contributed by atoms with Crippen LogP contribution in [-0.4, -0.2) is 48.6 Å². The minimum Gasteiger partial charge on any atom is -0.311 e. The Kier molecular flexibility index (Phi) is 6.78. The number of hydrogen-bond donors (Lipinski definition) is 1. The smallest absolute Gasteiger partial charge is 0.0221 e. The van der Waals surface area contributed by atoms with Gasteiger partial charge in [-0.2, -0.15) is 11.8 Å². The third kappa shape index (κ3) is 4.27. The van der Waals surface area contributed by atoms with Crippen molar-refractivity contribution in [2.24, 2.45) is 5.92 Å². The van der Waals surface area contributed by atoms with Crippen molar-refractivity contribution in [2.45, 2.75) is 45.7 Å². The van der Waals surface area contributed by atoms with Gasteiger partial charge in [0.1, 0.15) is 0 Å². The van der Waals surface area contributed by atoms with Crippen molar-refractivity contribution in [3.05, 3.63) is 0 Å². The van der Waals surface area contributed by atoms with Crippen molar-refractivity contribution in [3.8, 4) is 0 Å². The van der Waals surface area contributed by atoms with E-state index in [2.05, 4.69) is 37.2 Å². The van der Waals surface area contributed by atoms with E-state index in [1.807, 2.05) is 11.8 Å². The van der Waals surface area contributed by atoms with Crippen LogP contribution in [0.1, 0.15) is 33.6 Å². The summed E-state index contributed by atoms with van der Waals surface area (Å²) in [7, 11) is 0. The molecule has 0 saturated carbocycles. The van der Waals surface area contributed by atoms with E-state index >= 15 is 0 Å². The summed E-state index contributed by atoms with van der Waals surface area (Å²) in [6.45, 7) is 10.7. The highest BCUT2D eigenvalue weighted by Crippen LogP contribution is 2.15. The summed E-state index contributed by atoms with van der Waals surface area (Å²) >= 11 is 1.96. The van der Waals surface area contributed by atoms with Gasteiger partial charge in [-0.1, -0.05) is 20.3 Å². The number of piperazine rings is 1. The molecule has 0 aromatic rings. The predicted octanol–water partition coefficient (Wildman–Crippen LogP) is 2.45. The third-order valence-corrected chi connectivity index (χ3v) is 4.55. The summed E-state index contributed by atoms with van der Waals surface area (Å²) < 4.78 is 0. The van der Waals surface area contributed by atoms with Gasteiger partial charge in [-0.25, -0.2) is 0 Å². The Labute approximate surface area is 106 Å². The molecular weight excluding hydrogens is 216 g/mol. The molecule has 1 heterocycles. The summed E-state index contributed by atoms with van der Waals surface area (Å²) in [6, 6.07) is 1.41. The normalized spacial score (nSPS) is 29.2. The van der Waals surface area contributed by atoms with Gasteiger partial charge >= 0.3 is 0 Å². The molecule has 1 rings (SSSR count). The molecule has 1 fully saturated rings. The molecule has 1 N–H and O–H groups in total. The Morgan fingerprint density at radius 3 is 2.88 bits per heavy atom. The highest BCUT2D eigenvalue weighted by Gasteiger charge is 2.26. The van der Waals surface area contributed by atoms with Crippen LogP contribution < -0.4 is 5.32 Å². The Bertz CT molecular complexity index is 187. The zero-order valence-corrected chi connectivity index (χ0v) is 12.1. The highest BCUT2D eigenvalue weighted by atomic mass is 32.2. The van der Waals surface area contributed by atoms with Gasteiger partial charge < -0.3 is 5.32 Å². The maximum atomic E-state index is 3.69. The van der Waals surface area contributed by atoms with Gasteiger partial charge in [-0.3, -0.25) is 4.90 Å². The molecule has 1 saturated heterocycles. The SMILES string of the molecule is CCC(C)C1CN(CCCSC)C(C)CN1. The predicted molar refractivity (Wildman–Crippen MR) is 75.3 cm³/mol. The lowest BCUT2D eigenvalue weighted by Crippen LogP contribution is -2.57. The zero-order valence-electron chi connectivity index (χ0n) is 11.3. The average Bonchev–Trinajstić information content (AvgIpc) is 2.31. The summed E-state index contributed by atoms with van der Waals surface area (Å²) in [4.78, 5) is 2.67. The molecule has 16 heavy (non-hydrogen) atoms. The van der Waals surface area contributed by atoms with Crippen LogP contribution in [0, 0.1) is 5.92 Å². The minimum absolute atomic E-state index is 0.704. The molecule has 0 radical (unpaired) electrons. The third-order valence-electron chi connectivity index (χ3n) is 3.85. The fourth-order valence-corrected chi connectivity index (χ4v) is 2.76. The molecule has 3 heteroatoms. The van der Waals surface area contributed by atoms with E-state index in [4.69, 9.17) is 0 Å². The van der Waals surface area contributed by atoms with Crippen molar-refractivity contribution in [1.29, 1.82) is 0 Å². The number of nitrogens with one attached hydrogen (secondary N) is 1. The van der Waals surface area contributed by atoms with Gasteiger partial charge in [0.2, 0.25) is 0 Å². The second kappa shape index (κ2) is 7.57. The van der Waals surface area contributed by atoms with Crippen molar-refractivity contribution in [3.63, 3.8) is 0 Å². The fourth-order valence-electron chi connectivity index (χ4n) is 2.34. The van der Waals surface area contributed by atoms with Gasteiger partial charge in [-0.15, -0.1) is 0 Å². The molecule has 3 unspecified atom stereocenters. The van der Waals surface area contributed by atoms with Gasteiger partial charge in [-0.05, 0) is 37.8 Å². The Morgan fingerprint density at radius 2 is 2.25 bits per heavy atom. The maximum absolute atomic E-state index is 3.69. The van der Waals surface area contributed by atoms with E-state index < -0.39 is 0 Å². The molecule has 1 aliphatic heterocycles. The second-order valence-corrected chi connectivity index (χ2v) is 6.08. The molecule has 0 spiro atoms. The maximum Gasteiger partial charge on any atom is 0.0221 e. The van der Waals surface area contributed by atoms with Crippen LogP contribution in [-0.2, 0) is 0 Å². The Balaban J connectivity index is 2.35. The van der Waals surface area contributed by atoms with Gasteiger partial charge in [0, 0.05) is 25.2 Å². The molecule has 3 atom stereocenters. The van der Waals surface area contributed by atoms with Crippen molar-refractivity contribution < 1.29 is 0 Å². The van der Waals surface area contributed by atoms with E-state index in [-0.39, 0.29) is 0 Å². The van der Waals surface area contributed by atoms with Crippen LogP contribution in [0.15, 0.2) is 0 Å². The number of nitrogens with zero attached hydrogens (tertiary/aromatic N) is 1.